The maximum Gasteiger partial charge on any atom is 0.276 e. The largest absolute Gasteiger partial charge is 0.347 e. The van der Waals surface area contributed by atoms with Crippen molar-refractivity contribution in [2.45, 2.75) is 6.92 Å². The van der Waals surface area contributed by atoms with Crippen molar-refractivity contribution in [2.75, 3.05) is 7.05 Å². The molecular formula is C9H12N2O2. The van der Waals surface area contributed by atoms with Crippen LogP contribution in [0.3, 0.4) is 0 Å². The maximum absolute atomic E-state index is 11.6. The van der Waals surface area contributed by atoms with Crippen LogP contribution in [-0.4, -0.2) is 28.3 Å². The van der Waals surface area contributed by atoms with Crippen LogP contribution in [0.1, 0.15) is 17.4 Å². The molecular weight excluding hydrogens is 168 g/mol. The molecule has 0 unspecified atom stereocenters. The van der Waals surface area contributed by atoms with Gasteiger partial charge in [-0.2, -0.15) is 0 Å². The SMILES string of the molecule is CC(=O)N(C)C(=O)c1cccn1C. The molecule has 70 valence electrons. The van der Waals surface area contributed by atoms with Crippen LogP contribution in [0.5, 0.6) is 0 Å². The number of carbonyl (C=O) groups is 2. The fourth-order valence-corrected chi connectivity index (χ4v) is 0.998. The molecule has 0 saturated carbocycles. The summed E-state index contributed by atoms with van der Waals surface area (Å²) in [5.74, 6) is -0.536. The first-order valence-corrected chi connectivity index (χ1v) is 3.94. The van der Waals surface area contributed by atoms with Crippen LogP contribution in [0.4, 0.5) is 0 Å². The van der Waals surface area contributed by atoms with Crippen LogP contribution in [0.25, 0.3) is 0 Å². The minimum atomic E-state index is -0.278. The van der Waals surface area contributed by atoms with Crippen molar-refractivity contribution in [2.24, 2.45) is 7.05 Å². The van der Waals surface area contributed by atoms with E-state index in [0.717, 1.165) is 4.90 Å². The Labute approximate surface area is 76.8 Å². The Balaban J connectivity index is 2.92. The Bertz CT molecular complexity index is 341. The van der Waals surface area contributed by atoms with Gasteiger partial charge in [-0.05, 0) is 12.1 Å². The van der Waals surface area contributed by atoms with Crippen LogP contribution in [-0.2, 0) is 11.8 Å². The van der Waals surface area contributed by atoms with Crippen molar-refractivity contribution in [1.29, 1.82) is 0 Å². The lowest BCUT2D eigenvalue weighted by atomic mass is 10.3. The van der Waals surface area contributed by atoms with Crippen molar-refractivity contribution in [3.63, 3.8) is 0 Å². The highest BCUT2D eigenvalue weighted by molar-refractivity contribution is 6.02. The highest BCUT2D eigenvalue weighted by Crippen LogP contribution is 2.03. The summed E-state index contributed by atoms with van der Waals surface area (Å²) in [5, 5.41) is 0. The molecule has 0 atom stereocenters. The van der Waals surface area contributed by atoms with E-state index in [9.17, 15) is 9.59 Å². The minimum Gasteiger partial charge on any atom is -0.347 e. The molecule has 1 aromatic heterocycles. The summed E-state index contributed by atoms with van der Waals surface area (Å²) in [5.41, 5.74) is 0.512. The van der Waals surface area contributed by atoms with Gasteiger partial charge < -0.3 is 4.57 Å². The topological polar surface area (TPSA) is 42.3 Å². The summed E-state index contributed by atoms with van der Waals surface area (Å²) in [6.07, 6.45) is 1.77. The summed E-state index contributed by atoms with van der Waals surface area (Å²) in [6.45, 7) is 1.36. The van der Waals surface area contributed by atoms with Crippen molar-refractivity contribution < 1.29 is 9.59 Å². The van der Waals surface area contributed by atoms with Crippen LogP contribution in [0, 0.1) is 0 Å². The second-order valence-corrected chi connectivity index (χ2v) is 2.89. The lowest BCUT2D eigenvalue weighted by molar-refractivity contribution is -0.125. The van der Waals surface area contributed by atoms with E-state index in [1.165, 1.54) is 14.0 Å². The van der Waals surface area contributed by atoms with E-state index in [2.05, 4.69) is 0 Å². The molecule has 0 aromatic carbocycles. The number of hydrogen-bond acceptors (Lipinski definition) is 2. The third-order valence-corrected chi connectivity index (χ3v) is 1.94. The molecule has 1 aromatic rings. The Morgan fingerprint density at radius 1 is 1.46 bits per heavy atom. The van der Waals surface area contributed by atoms with E-state index in [-0.39, 0.29) is 11.8 Å². The van der Waals surface area contributed by atoms with Crippen LogP contribution >= 0.6 is 0 Å². The van der Waals surface area contributed by atoms with Gasteiger partial charge in [-0.3, -0.25) is 14.5 Å². The molecule has 4 nitrogen and oxygen atoms in total. The van der Waals surface area contributed by atoms with Gasteiger partial charge in [-0.15, -0.1) is 0 Å². The number of nitrogens with zero attached hydrogens (tertiary/aromatic N) is 2. The second-order valence-electron chi connectivity index (χ2n) is 2.89. The van der Waals surface area contributed by atoms with Gasteiger partial charge in [-0.1, -0.05) is 0 Å². The molecule has 0 radical (unpaired) electrons. The van der Waals surface area contributed by atoms with Crippen molar-refractivity contribution >= 4 is 11.8 Å². The van der Waals surface area contributed by atoms with Gasteiger partial charge in [0, 0.05) is 27.2 Å². The number of aryl methyl sites for hydroxylation is 1. The van der Waals surface area contributed by atoms with Gasteiger partial charge in [0.1, 0.15) is 5.69 Å². The molecule has 0 saturated heterocycles. The summed E-state index contributed by atoms with van der Waals surface area (Å²) >= 11 is 0. The molecule has 0 spiro atoms. The van der Waals surface area contributed by atoms with E-state index in [1.54, 1.807) is 29.9 Å². The fourth-order valence-electron chi connectivity index (χ4n) is 0.998. The number of carbonyl (C=O) groups excluding carboxylic acids is 2. The van der Waals surface area contributed by atoms with Gasteiger partial charge >= 0.3 is 0 Å². The van der Waals surface area contributed by atoms with Crippen molar-refractivity contribution in [3.8, 4) is 0 Å². The zero-order valence-electron chi connectivity index (χ0n) is 7.94. The number of imide groups is 1. The lowest BCUT2D eigenvalue weighted by Crippen LogP contribution is -2.32. The molecule has 0 aliphatic heterocycles. The zero-order valence-corrected chi connectivity index (χ0v) is 7.94. The first-order valence-electron chi connectivity index (χ1n) is 3.94. The number of aromatic nitrogens is 1. The van der Waals surface area contributed by atoms with E-state index in [0.29, 0.717) is 5.69 Å². The molecule has 4 heteroatoms. The maximum atomic E-state index is 11.6. The van der Waals surface area contributed by atoms with Gasteiger partial charge in [0.25, 0.3) is 5.91 Å². The normalized spacial score (nSPS) is 9.77. The first kappa shape index (κ1) is 9.51. The minimum absolute atomic E-state index is 0.258. The highest BCUT2D eigenvalue weighted by atomic mass is 16.2. The highest BCUT2D eigenvalue weighted by Gasteiger charge is 2.16. The molecule has 0 bridgehead atoms. The van der Waals surface area contributed by atoms with Crippen LogP contribution in [0.2, 0.25) is 0 Å². The molecule has 2 amide bonds. The lowest BCUT2D eigenvalue weighted by Gasteiger charge is -2.12. The van der Waals surface area contributed by atoms with E-state index in [4.69, 9.17) is 0 Å². The summed E-state index contributed by atoms with van der Waals surface area (Å²) in [6, 6.07) is 3.45. The number of amides is 2. The summed E-state index contributed by atoms with van der Waals surface area (Å²) < 4.78 is 1.68. The van der Waals surface area contributed by atoms with E-state index >= 15 is 0 Å². The smallest absolute Gasteiger partial charge is 0.276 e. The van der Waals surface area contributed by atoms with Crippen LogP contribution in [0.15, 0.2) is 18.3 Å². The van der Waals surface area contributed by atoms with Gasteiger partial charge in [0.2, 0.25) is 5.91 Å². The molecule has 13 heavy (non-hydrogen) atoms. The van der Waals surface area contributed by atoms with Crippen molar-refractivity contribution in [3.05, 3.63) is 24.0 Å². The monoisotopic (exact) mass is 180 g/mol. The average Bonchev–Trinajstić information content (AvgIpc) is 2.48. The van der Waals surface area contributed by atoms with Crippen molar-refractivity contribution in [1.82, 2.24) is 9.47 Å². The molecule has 1 heterocycles. The number of hydrogen-bond donors (Lipinski definition) is 0. The standard InChI is InChI=1S/C9H12N2O2/c1-7(12)11(3)9(13)8-5-4-6-10(8)2/h4-6H,1-3H3. The first-order chi connectivity index (χ1) is 6.04. The van der Waals surface area contributed by atoms with Gasteiger partial charge in [0.15, 0.2) is 0 Å². The third-order valence-electron chi connectivity index (χ3n) is 1.94. The molecule has 0 aliphatic rings. The molecule has 0 N–H and O–H groups in total. The Morgan fingerprint density at radius 3 is 2.46 bits per heavy atom. The molecule has 1 rings (SSSR count). The average molecular weight is 180 g/mol. The summed E-state index contributed by atoms with van der Waals surface area (Å²) in [4.78, 5) is 23.5. The van der Waals surface area contributed by atoms with Gasteiger partial charge in [0.05, 0.1) is 0 Å². The van der Waals surface area contributed by atoms with E-state index in [1.807, 2.05) is 0 Å². The van der Waals surface area contributed by atoms with Gasteiger partial charge in [-0.25, -0.2) is 0 Å². The zero-order chi connectivity index (χ0) is 10.0. The Morgan fingerprint density at radius 2 is 2.08 bits per heavy atom. The predicted molar refractivity (Wildman–Crippen MR) is 48.2 cm³/mol. The fraction of sp³-hybridized carbons (Fsp3) is 0.333. The summed E-state index contributed by atoms with van der Waals surface area (Å²) in [7, 11) is 3.23. The molecule has 0 aliphatic carbocycles. The number of rotatable bonds is 1. The Kier molecular flexibility index (Phi) is 2.51. The Hall–Kier alpha value is -1.58. The molecule has 0 fully saturated rings. The second kappa shape index (κ2) is 3.43. The predicted octanol–water partition coefficient (Wildman–Crippen LogP) is 0.644. The quantitative estimate of drug-likeness (QED) is 0.636. The van der Waals surface area contributed by atoms with E-state index < -0.39 is 0 Å². The third kappa shape index (κ3) is 1.77. The van der Waals surface area contributed by atoms with Crippen LogP contribution < -0.4 is 0 Å².